The number of nitrogens with zero attached hydrogens (tertiary/aromatic N) is 1. The highest BCUT2D eigenvalue weighted by Gasteiger charge is 2.13. The molecular formula is C15H24N6. The molecule has 6 nitrogen and oxygen atoms in total. The third-order valence-electron chi connectivity index (χ3n) is 3.36. The van der Waals surface area contributed by atoms with Crippen molar-refractivity contribution in [3.63, 3.8) is 0 Å². The van der Waals surface area contributed by atoms with Crippen LogP contribution in [0.2, 0.25) is 0 Å². The molecule has 0 aliphatic carbocycles. The van der Waals surface area contributed by atoms with Gasteiger partial charge in [0.1, 0.15) is 12.2 Å². The Morgan fingerprint density at radius 3 is 2.71 bits per heavy atom. The molecule has 0 aliphatic heterocycles. The summed E-state index contributed by atoms with van der Waals surface area (Å²) in [5, 5.41) is 13.3. The predicted octanol–water partition coefficient (Wildman–Crippen LogP) is 1.35. The topological polar surface area (TPSA) is 112 Å². The van der Waals surface area contributed by atoms with E-state index in [0.29, 0.717) is 11.5 Å². The SMILES string of the molecule is CN/C(C)=C/CC(NC)c1cc(C(N)=NC=N)ccc1N. The van der Waals surface area contributed by atoms with E-state index in [0.717, 1.165) is 29.6 Å². The van der Waals surface area contributed by atoms with Crippen molar-refractivity contribution in [3.05, 3.63) is 41.1 Å². The lowest BCUT2D eigenvalue weighted by molar-refractivity contribution is 0.602. The van der Waals surface area contributed by atoms with Crippen molar-refractivity contribution in [2.24, 2.45) is 10.7 Å². The molecule has 0 heterocycles. The molecule has 0 aromatic heterocycles. The first kappa shape index (κ1) is 16.7. The van der Waals surface area contributed by atoms with Gasteiger partial charge in [0.15, 0.2) is 0 Å². The molecule has 1 aromatic rings. The second-order valence-electron chi connectivity index (χ2n) is 4.70. The Balaban J connectivity index is 3.11. The average Bonchev–Trinajstić information content (AvgIpc) is 2.49. The highest BCUT2D eigenvalue weighted by atomic mass is 14.9. The van der Waals surface area contributed by atoms with Crippen molar-refractivity contribution < 1.29 is 0 Å². The summed E-state index contributed by atoms with van der Waals surface area (Å²) >= 11 is 0. The lowest BCUT2D eigenvalue weighted by atomic mass is 9.98. The van der Waals surface area contributed by atoms with Gasteiger partial charge in [0.25, 0.3) is 0 Å². The Bertz CT molecular complexity index is 547. The van der Waals surface area contributed by atoms with Gasteiger partial charge in [-0.15, -0.1) is 0 Å². The number of amidine groups is 1. The van der Waals surface area contributed by atoms with Crippen LogP contribution >= 0.6 is 0 Å². The quantitative estimate of drug-likeness (QED) is 0.296. The smallest absolute Gasteiger partial charge is 0.132 e. The molecule has 1 aromatic carbocycles. The van der Waals surface area contributed by atoms with Crippen molar-refractivity contribution in [2.45, 2.75) is 19.4 Å². The van der Waals surface area contributed by atoms with Crippen LogP contribution in [0.4, 0.5) is 5.69 Å². The monoisotopic (exact) mass is 288 g/mol. The molecule has 0 radical (unpaired) electrons. The molecule has 0 spiro atoms. The average molecular weight is 288 g/mol. The number of hydrogen-bond donors (Lipinski definition) is 5. The molecule has 0 fully saturated rings. The fourth-order valence-electron chi connectivity index (χ4n) is 1.98. The number of allylic oxidation sites excluding steroid dienone is 1. The number of rotatable bonds is 7. The zero-order valence-corrected chi connectivity index (χ0v) is 12.8. The molecule has 1 unspecified atom stereocenters. The molecular weight excluding hydrogens is 264 g/mol. The van der Waals surface area contributed by atoms with Crippen molar-refractivity contribution in [1.82, 2.24) is 10.6 Å². The number of benzene rings is 1. The van der Waals surface area contributed by atoms with Gasteiger partial charge < -0.3 is 22.1 Å². The van der Waals surface area contributed by atoms with E-state index < -0.39 is 0 Å². The molecule has 0 bridgehead atoms. The first-order valence-electron chi connectivity index (χ1n) is 6.77. The number of nitrogens with one attached hydrogen (secondary N) is 3. The van der Waals surface area contributed by atoms with E-state index in [1.54, 1.807) is 0 Å². The molecule has 6 heteroatoms. The highest BCUT2D eigenvalue weighted by molar-refractivity contribution is 6.01. The largest absolute Gasteiger partial charge is 0.398 e. The van der Waals surface area contributed by atoms with Gasteiger partial charge in [-0.1, -0.05) is 6.08 Å². The Morgan fingerprint density at radius 1 is 1.43 bits per heavy atom. The molecule has 0 amide bonds. The van der Waals surface area contributed by atoms with Crippen molar-refractivity contribution in [2.75, 3.05) is 19.8 Å². The lowest BCUT2D eigenvalue weighted by Crippen LogP contribution is -2.20. The maximum Gasteiger partial charge on any atom is 0.132 e. The van der Waals surface area contributed by atoms with Gasteiger partial charge in [-0.25, -0.2) is 4.99 Å². The van der Waals surface area contributed by atoms with Crippen LogP contribution in [-0.2, 0) is 0 Å². The van der Waals surface area contributed by atoms with E-state index in [-0.39, 0.29) is 6.04 Å². The van der Waals surface area contributed by atoms with E-state index >= 15 is 0 Å². The fourth-order valence-corrected chi connectivity index (χ4v) is 1.98. The van der Waals surface area contributed by atoms with Crippen LogP contribution in [0.1, 0.15) is 30.5 Å². The molecule has 21 heavy (non-hydrogen) atoms. The van der Waals surface area contributed by atoms with Gasteiger partial charge in [-0.2, -0.15) is 0 Å². The summed E-state index contributed by atoms with van der Waals surface area (Å²) in [4.78, 5) is 3.79. The van der Waals surface area contributed by atoms with Crippen LogP contribution in [0, 0.1) is 5.41 Å². The molecule has 1 atom stereocenters. The Morgan fingerprint density at radius 2 is 2.14 bits per heavy atom. The maximum absolute atomic E-state index is 6.99. The zero-order chi connectivity index (χ0) is 15.8. The highest BCUT2D eigenvalue weighted by Crippen LogP contribution is 2.25. The summed E-state index contributed by atoms with van der Waals surface area (Å²) in [6.07, 6.45) is 3.85. The predicted molar refractivity (Wildman–Crippen MR) is 89.6 cm³/mol. The Kier molecular flexibility index (Phi) is 6.42. The number of anilines is 1. The van der Waals surface area contributed by atoms with Gasteiger partial charge in [0.05, 0.1) is 0 Å². The van der Waals surface area contributed by atoms with Gasteiger partial charge >= 0.3 is 0 Å². The fraction of sp³-hybridized carbons (Fsp3) is 0.333. The van der Waals surface area contributed by atoms with Gasteiger partial charge in [-0.05, 0) is 44.2 Å². The van der Waals surface area contributed by atoms with Gasteiger partial charge in [-0.3, -0.25) is 5.41 Å². The molecule has 114 valence electrons. The summed E-state index contributed by atoms with van der Waals surface area (Å²) in [5.41, 5.74) is 15.4. The molecule has 0 saturated heterocycles. The van der Waals surface area contributed by atoms with Crippen LogP contribution in [0.3, 0.4) is 0 Å². The first-order chi connectivity index (χ1) is 10.0. The van der Waals surface area contributed by atoms with Crippen LogP contribution in [0.25, 0.3) is 0 Å². The summed E-state index contributed by atoms with van der Waals surface area (Å²) in [5.74, 6) is 0.308. The van der Waals surface area contributed by atoms with E-state index in [1.165, 1.54) is 0 Å². The lowest BCUT2D eigenvalue weighted by Gasteiger charge is -2.18. The van der Waals surface area contributed by atoms with Crippen LogP contribution in [-0.4, -0.2) is 26.3 Å². The standard InChI is InChI=1S/C15H24N6/c1-10(19-2)4-7-14(20-3)12-8-11(5-6-13(12)17)15(18)21-9-16/h4-6,8-9,14,19-20H,7,17H2,1-3H3,(H3,16,18,21)/b10-4+. The minimum atomic E-state index is 0.0843. The summed E-state index contributed by atoms with van der Waals surface area (Å²) in [6.45, 7) is 2.02. The molecule has 0 saturated carbocycles. The van der Waals surface area contributed by atoms with Gasteiger partial charge in [0, 0.05) is 30.0 Å². The van der Waals surface area contributed by atoms with Crippen LogP contribution in [0.15, 0.2) is 35.0 Å². The Labute approximate surface area is 125 Å². The van der Waals surface area contributed by atoms with Crippen molar-refractivity contribution in [1.29, 1.82) is 5.41 Å². The number of nitrogen functional groups attached to an aromatic ring is 1. The summed E-state index contributed by atoms with van der Waals surface area (Å²) in [7, 11) is 3.79. The Hall–Kier alpha value is -2.34. The van der Waals surface area contributed by atoms with Crippen molar-refractivity contribution >= 4 is 17.9 Å². The third-order valence-corrected chi connectivity index (χ3v) is 3.36. The van der Waals surface area contributed by atoms with Crippen molar-refractivity contribution in [3.8, 4) is 0 Å². The van der Waals surface area contributed by atoms with E-state index in [4.69, 9.17) is 16.9 Å². The molecule has 1 rings (SSSR count). The summed E-state index contributed by atoms with van der Waals surface area (Å²) < 4.78 is 0. The molecule has 7 N–H and O–H groups in total. The third kappa shape index (κ3) is 4.61. The zero-order valence-electron chi connectivity index (χ0n) is 12.8. The van der Waals surface area contributed by atoms with E-state index in [1.807, 2.05) is 39.2 Å². The van der Waals surface area contributed by atoms with E-state index in [2.05, 4.69) is 21.7 Å². The maximum atomic E-state index is 6.99. The van der Waals surface area contributed by atoms with Gasteiger partial charge in [0.2, 0.25) is 0 Å². The number of hydrogen-bond acceptors (Lipinski definition) is 4. The minimum absolute atomic E-state index is 0.0843. The number of aliphatic imine (C=N–C) groups is 1. The summed E-state index contributed by atoms with van der Waals surface area (Å²) in [6, 6.07) is 5.63. The second-order valence-corrected chi connectivity index (χ2v) is 4.70. The normalized spacial score (nSPS) is 13.9. The minimum Gasteiger partial charge on any atom is -0.398 e. The number of nitrogens with two attached hydrogens (primary N) is 2. The molecule has 0 aliphatic rings. The first-order valence-corrected chi connectivity index (χ1v) is 6.77. The van der Waals surface area contributed by atoms with Crippen LogP contribution in [0.5, 0.6) is 0 Å². The van der Waals surface area contributed by atoms with Crippen LogP contribution < -0.4 is 22.1 Å². The van der Waals surface area contributed by atoms with E-state index in [9.17, 15) is 0 Å². The second kappa shape index (κ2) is 8.06.